The zero-order chi connectivity index (χ0) is 45.7. The predicted molar refractivity (Wildman–Crippen MR) is 296 cm³/mol. The molecule has 0 unspecified atom stereocenters. The molecule has 0 saturated carbocycles. The van der Waals surface area contributed by atoms with Gasteiger partial charge in [0.05, 0.1) is 0 Å². The van der Waals surface area contributed by atoms with Crippen molar-refractivity contribution in [3.8, 4) is 34.1 Å². The van der Waals surface area contributed by atoms with Crippen LogP contribution in [0.3, 0.4) is 0 Å². The molecule has 0 spiro atoms. The summed E-state index contributed by atoms with van der Waals surface area (Å²) in [7, 11) is -5.34. The Morgan fingerprint density at radius 2 is 0.618 bits per heavy atom. The zero-order valence-electron chi connectivity index (χ0n) is 38.5. The van der Waals surface area contributed by atoms with Gasteiger partial charge in [0.15, 0.2) is 0 Å². The molecule has 2 aliphatic heterocycles. The van der Waals surface area contributed by atoms with Crippen LogP contribution in [0.1, 0.15) is 11.1 Å². The second-order valence-electron chi connectivity index (χ2n) is 17.9. The molecule has 6 heteroatoms. The standard InChI is InChI=1S/C30H24P2.2C16H13Si.2Au/c1-5-15-25(16-6-1)31(26-17-7-2-8-18-26)29-23-13-14-24-30(29)32(27-19-9-3-10-20-27)28-21-11-4-12-22-28;1-4-12-9-10-16-14(11-12)13-7-5-6-8-15(13)17(16,2)3;1-4-12-9-10-14-13-7-5-6-8-15(13)17(2,3)16(14)11-12;;/h1-24H;2*5-11H,2-3H3;;/q;2*-1;2*+1/p+2. The normalized spacial score (nSPS) is 12.6. The minimum Gasteiger partial charge on any atom is -0.366 e. The third kappa shape index (κ3) is 10.3. The van der Waals surface area contributed by atoms with Crippen LogP contribution in [0, 0.1) is 24.7 Å². The summed E-state index contributed by atoms with van der Waals surface area (Å²) in [6.45, 7) is 9.55. The summed E-state index contributed by atoms with van der Waals surface area (Å²) in [6.07, 6.45) is 14.5. The number of hydrogen-bond donors (Lipinski definition) is 0. The number of hydrogen-bond acceptors (Lipinski definition) is 0. The Hall–Kier alpha value is -5.13. The average molecular weight is 1310 g/mol. The van der Waals surface area contributed by atoms with E-state index in [0.717, 1.165) is 11.1 Å². The summed E-state index contributed by atoms with van der Waals surface area (Å²) in [6, 6.07) is 83.4. The molecule has 9 aromatic rings. The van der Waals surface area contributed by atoms with E-state index in [1.54, 1.807) is 0 Å². The van der Waals surface area contributed by atoms with Crippen LogP contribution in [0.15, 0.2) is 231 Å². The summed E-state index contributed by atoms with van der Waals surface area (Å²) >= 11 is 0. The van der Waals surface area contributed by atoms with E-state index in [0.29, 0.717) is 0 Å². The molecule has 0 amide bonds. The fourth-order valence-electron chi connectivity index (χ4n) is 9.87. The molecule has 0 saturated heterocycles. The van der Waals surface area contributed by atoms with Gasteiger partial charge in [-0.2, -0.15) is 0 Å². The van der Waals surface area contributed by atoms with Gasteiger partial charge >= 0.3 is 44.8 Å². The maximum atomic E-state index is 7.26. The molecule has 0 radical (unpaired) electrons. The quantitative estimate of drug-likeness (QED) is 0.0675. The number of benzene rings is 9. The molecule has 0 bridgehead atoms. The summed E-state index contributed by atoms with van der Waals surface area (Å²) in [4.78, 5) is 0. The van der Waals surface area contributed by atoms with Gasteiger partial charge in [-0.15, -0.1) is 35.4 Å². The molecule has 2 heterocycles. The molecule has 338 valence electrons. The van der Waals surface area contributed by atoms with Crippen LogP contribution in [0.4, 0.5) is 0 Å². The Kier molecular flexibility index (Phi) is 16.8. The maximum Gasteiger partial charge on any atom is 1.00 e. The van der Waals surface area contributed by atoms with Crippen LogP contribution in [-0.4, -0.2) is 16.1 Å². The number of fused-ring (bicyclic) bond motifs is 6. The van der Waals surface area contributed by atoms with Gasteiger partial charge < -0.3 is 12.8 Å². The van der Waals surface area contributed by atoms with E-state index >= 15 is 0 Å². The van der Waals surface area contributed by atoms with Crippen molar-refractivity contribution in [3.05, 3.63) is 254 Å². The van der Waals surface area contributed by atoms with Crippen molar-refractivity contribution in [3.63, 3.8) is 0 Å². The van der Waals surface area contributed by atoms with Crippen LogP contribution < -0.4 is 52.6 Å². The molecular formula is C62H52Au2P2Si2+2. The van der Waals surface area contributed by atoms with Gasteiger partial charge in [0.1, 0.15) is 63.8 Å². The smallest absolute Gasteiger partial charge is 0.366 e. The van der Waals surface area contributed by atoms with E-state index < -0.39 is 32.0 Å². The van der Waals surface area contributed by atoms with Crippen molar-refractivity contribution in [2.45, 2.75) is 26.2 Å². The summed E-state index contributed by atoms with van der Waals surface area (Å²) < 4.78 is 0. The third-order valence-electron chi connectivity index (χ3n) is 13.2. The van der Waals surface area contributed by atoms with Gasteiger partial charge in [0.25, 0.3) is 0 Å². The Morgan fingerprint density at radius 1 is 0.309 bits per heavy atom. The van der Waals surface area contributed by atoms with Crippen LogP contribution in [0.2, 0.25) is 26.2 Å². The Labute approximate surface area is 440 Å². The minimum absolute atomic E-state index is 0. The monoisotopic (exact) mass is 1310 g/mol. The van der Waals surface area contributed by atoms with Gasteiger partial charge in [-0.05, 0) is 98.5 Å². The van der Waals surface area contributed by atoms with E-state index in [-0.39, 0.29) is 44.8 Å². The second kappa shape index (κ2) is 22.5. The first-order chi connectivity index (χ1) is 32.2. The molecule has 0 nitrogen and oxygen atoms in total. The van der Waals surface area contributed by atoms with Crippen LogP contribution in [0.25, 0.3) is 22.3 Å². The largest absolute Gasteiger partial charge is 1.00 e. The Bertz CT molecular complexity index is 3050. The van der Waals surface area contributed by atoms with E-state index in [2.05, 4.69) is 256 Å². The van der Waals surface area contributed by atoms with E-state index in [1.807, 2.05) is 12.1 Å². The molecule has 0 aromatic heterocycles. The number of rotatable bonds is 6. The summed E-state index contributed by atoms with van der Waals surface area (Å²) in [5.41, 5.74) is 7.17. The van der Waals surface area contributed by atoms with Crippen molar-refractivity contribution < 1.29 is 44.8 Å². The van der Waals surface area contributed by atoms with Crippen molar-refractivity contribution in [2.24, 2.45) is 0 Å². The third-order valence-corrected chi connectivity index (χ3v) is 26.1. The zero-order valence-corrected chi connectivity index (χ0v) is 46.9. The Morgan fingerprint density at radius 3 is 1.04 bits per heavy atom. The van der Waals surface area contributed by atoms with E-state index in [9.17, 15) is 0 Å². The van der Waals surface area contributed by atoms with E-state index in [1.165, 1.54) is 74.8 Å². The molecule has 0 aliphatic carbocycles. The van der Waals surface area contributed by atoms with Crippen molar-refractivity contribution in [1.82, 2.24) is 0 Å². The Balaban J connectivity index is 0.000000161. The average Bonchev–Trinajstić information content (AvgIpc) is 3.75. The van der Waals surface area contributed by atoms with Crippen LogP contribution >= 0.6 is 15.8 Å². The molecule has 0 atom stereocenters. The molecule has 0 N–H and O–H groups in total. The van der Waals surface area contributed by atoms with Crippen LogP contribution in [0.5, 0.6) is 0 Å². The van der Waals surface area contributed by atoms with Gasteiger partial charge in [0, 0.05) is 0 Å². The molecule has 68 heavy (non-hydrogen) atoms. The van der Waals surface area contributed by atoms with Crippen molar-refractivity contribution in [2.75, 3.05) is 0 Å². The summed E-state index contributed by atoms with van der Waals surface area (Å²) in [5, 5.41) is 14.7. The van der Waals surface area contributed by atoms with Gasteiger partial charge in [-0.3, -0.25) is 11.8 Å². The second-order valence-corrected chi connectivity index (χ2v) is 31.4. The van der Waals surface area contributed by atoms with Gasteiger partial charge in [0.2, 0.25) is 0 Å². The van der Waals surface area contributed by atoms with Crippen molar-refractivity contribution >= 4 is 84.6 Å². The molecular weight excluding hydrogens is 1260 g/mol. The first-order valence-electron chi connectivity index (χ1n) is 22.6. The SMILES string of the molecule is [Au+].[Au+].[C-]#Cc1ccc2c(c1)-c1ccccc1[Si]2(C)C.[C-]#Cc1ccc2c(c1)[Si](C)(C)c1ccccc1-2.c1ccc([PH+](c2ccccc2)c2ccccc2[PH+](c2ccccc2)c2ccccc2)cc1. The first-order valence-corrected chi connectivity index (χ1v) is 31.6. The molecule has 9 aromatic carbocycles. The van der Waals surface area contributed by atoms with E-state index in [4.69, 9.17) is 12.8 Å². The molecule has 2 aliphatic rings. The van der Waals surface area contributed by atoms with Gasteiger partial charge in [-0.1, -0.05) is 177 Å². The topological polar surface area (TPSA) is 0 Å². The van der Waals surface area contributed by atoms with Gasteiger partial charge in [-0.25, -0.2) is 0 Å². The fraction of sp³-hybridized carbons (Fsp3) is 0.0645. The van der Waals surface area contributed by atoms with Crippen molar-refractivity contribution in [1.29, 1.82) is 0 Å². The van der Waals surface area contributed by atoms with Crippen LogP contribution in [-0.2, 0) is 44.8 Å². The summed E-state index contributed by atoms with van der Waals surface area (Å²) in [5.74, 6) is 4.97. The maximum absolute atomic E-state index is 7.26. The predicted octanol–water partition coefficient (Wildman–Crippen LogP) is 9.52. The molecule has 11 rings (SSSR count). The molecule has 0 fully saturated rings. The first kappa shape index (κ1) is 50.7. The fourth-order valence-corrected chi connectivity index (χ4v) is 22.0. The minimum atomic E-state index is -1.55.